The summed E-state index contributed by atoms with van der Waals surface area (Å²) in [6, 6.07) is 42.1. The van der Waals surface area contributed by atoms with E-state index in [1.807, 2.05) is 97.1 Å². The molecular formula is C33H18N4. The molecule has 0 atom stereocenters. The van der Waals surface area contributed by atoms with Crippen molar-refractivity contribution < 1.29 is 0 Å². The third-order valence-corrected chi connectivity index (χ3v) is 6.61. The molecule has 6 aromatic rings. The van der Waals surface area contributed by atoms with Crippen molar-refractivity contribution in [1.82, 2.24) is 4.57 Å². The SMILES string of the molecule is N#Cc1cc(-c2ccccc2)cc(-c2cc(C#N)cc(-n3c4ccccc4c4cc(C#N)ccc43)c2)c1. The van der Waals surface area contributed by atoms with Crippen LogP contribution in [-0.2, 0) is 0 Å². The maximum Gasteiger partial charge on any atom is 0.0992 e. The van der Waals surface area contributed by atoms with Crippen LogP contribution in [0.15, 0.2) is 109 Å². The van der Waals surface area contributed by atoms with Crippen LogP contribution in [-0.4, -0.2) is 4.57 Å². The number of fused-ring (bicyclic) bond motifs is 3. The lowest BCUT2D eigenvalue weighted by Crippen LogP contribution is -1.96. The quantitative estimate of drug-likeness (QED) is 0.265. The number of benzene rings is 5. The van der Waals surface area contributed by atoms with Crippen LogP contribution in [0.5, 0.6) is 0 Å². The molecule has 0 aliphatic heterocycles. The molecule has 4 nitrogen and oxygen atoms in total. The minimum Gasteiger partial charge on any atom is -0.309 e. The van der Waals surface area contributed by atoms with E-state index in [0.717, 1.165) is 49.7 Å². The van der Waals surface area contributed by atoms with Crippen molar-refractivity contribution in [1.29, 1.82) is 15.8 Å². The Labute approximate surface area is 214 Å². The molecule has 0 fully saturated rings. The van der Waals surface area contributed by atoms with Crippen LogP contribution >= 0.6 is 0 Å². The standard InChI is InChI=1S/C33H18N4/c34-19-22-10-11-33-31(16-22)30-8-4-5-9-32(30)37(33)29-15-24(21-36)14-28(18-29)27-13-23(20-35)12-26(17-27)25-6-2-1-3-7-25/h1-18H. The highest BCUT2D eigenvalue weighted by Crippen LogP contribution is 2.35. The molecule has 0 bridgehead atoms. The topological polar surface area (TPSA) is 76.3 Å². The summed E-state index contributed by atoms with van der Waals surface area (Å²) in [6.07, 6.45) is 0. The monoisotopic (exact) mass is 470 g/mol. The van der Waals surface area contributed by atoms with Gasteiger partial charge in [0.05, 0.1) is 45.9 Å². The molecule has 0 saturated heterocycles. The highest BCUT2D eigenvalue weighted by molar-refractivity contribution is 6.09. The van der Waals surface area contributed by atoms with Gasteiger partial charge in [-0.3, -0.25) is 0 Å². The number of para-hydroxylation sites is 1. The van der Waals surface area contributed by atoms with Gasteiger partial charge in [-0.15, -0.1) is 0 Å². The molecule has 0 saturated carbocycles. The Balaban J connectivity index is 1.62. The summed E-state index contributed by atoms with van der Waals surface area (Å²) in [7, 11) is 0. The molecule has 0 amide bonds. The maximum atomic E-state index is 9.91. The number of aromatic nitrogens is 1. The predicted molar refractivity (Wildman–Crippen MR) is 146 cm³/mol. The molecule has 37 heavy (non-hydrogen) atoms. The van der Waals surface area contributed by atoms with Gasteiger partial charge in [-0.2, -0.15) is 15.8 Å². The number of nitriles is 3. The lowest BCUT2D eigenvalue weighted by Gasteiger charge is -2.13. The van der Waals surface area contributed by atoms with Crippen LogP contribution in [0.1, 0.15) is 16.7 Å². The van der Waals surface area contributed by atoms with Gasteiger partial charge >= 0.3 is 0 Å². The zero-order valence-corrected chi connectivity index (χ0v) is 19.7. The summed E-state index contributed by atoms with van der Waals surface area (Å²) < 4.78 is 2.13. The Kier molecular flexibility index (Phi) is 5.24. The van der Waals surface area contributed by atoms with Gasteiger partial charge in [0, 0.05) is 16.5 Å². The van der Waals surface area contributed by atoms with Gasteiger partial charge in [-0.05, 0) is 82.9 Å². The first-order valence-electron chi connectivity index (χ1n) is 11.8. The Morgan fingerprint density at radius 2 is 1.03 bits per heavy atom. The predicted octanol–water partition coefficient (Wildman–Crippen LogP) is 7.73. The maximum absolute atomic E-state index is 9.91. The second-order valence-corrected chi connectivity index (χ2v) is 8.85. The van der Waals surface area contributed by atoms with E-state index in [0.29, 0.717) is 16.7 Å². The number of nitrogens with zero attached hydrogens (tertiary/aromatic N) is 4. The van der Waals surface area contributed by atoms with Gasteiger partial charge in [-0.1, -0.05) is 48.5 Å². The smallest absolute Gasteiger partial charge is 0.0992 e. The molecule has 0 aliphatic rings. The van der Waals surface area contributed by atoms with E-state index in [1.54, 1.807) is 0 Å². The van der Waals surface area contributed by atoms with Gasteiger partial charge in [0.2, 0.25) is 0 Å². The minimum atomic E-state index is 0.524. The van der Waals surface area contributed by atoms with E-state index < -0.39 is 0 Å². The molecule has 0 aliphatic carbocycles. The van der Waals surface area contributed by atoms with Gasteiger partial charge in [0.25, 0.3) is 0 Å². The van der Waals surface area contributed by atoms with Crippen LogP contribution < -0.4 is 0 Å². The molecule has 1 aromatic heterocycles. The van der Waals surface area contributed by atoms with Crippen LogP contribution in [0.4, 0.5) is 0 Å². The van der Waals surface area contributed by atoms with Crippen molar-refractivity contribution in [2.24, 2.45) is 0 Å². The Hall–Kier alpha value is -5.63. The summed E-state index contributed by atoms with van der Waals surface area (Å²) in [5.41, 5.74) is 8.15. The van der Waals surface area contributed by atoms with Crippen LogP contribution in [0.3, 0.4) is 0 Å². The Morgan fingerprint density at radius 3 is 1.76 bits per heavy atom. The highest BCUT2D eigenvalue weighted by Gasteiger charge is 2.15. The van der Waals surface area contributed by atoms with E-state index in [2.05, 4.69) is 34.9 Å². The lowest BCUT2D eigenvalue weighted by atomic mass is 9.95. The van der Waals surface area contributed by atoms with Crippen LogP contribution in [0, 0.1) is 34.0 Å². The molecule has 170 valence electrons. The summed E-state index contributed by atoms with van der Waals surface area (Å²) in [4.78, 5) is 0. The normalized spacial score (nSPS) is 10.6. The van der Waals surface area contributed by atoms with Crippen molar-refractivity contribution in [3.63, 3.8) is 0 Å². The lowest BCUT2D eigenvalue weighted by molar-refractivity contribution is 1.18. The van der Waals surface area contributed by atoms with E-state index in [4.69, 9.17) is 0 Å². The molecule has 0 N–H and O–H groups in total. The highest BCUT2D eigenvalue weighted by atomic mass is 15.0. The van der Waals surface area contributed by atoms with Crippen molar-refractivity contribution in [2.75, 3.05) is 0 Å². The number of hydrogen-bond donors (Lipinski definition) is 0. The molecule has 1 heterocycles. The van der Waals surface area contributed by atoms with Crippen molar-refractivity contribution in [3.05, 3.63) is 126 Å². The first-order chi connectivity index (χ1) is 18.2. The second-order valence-electron chi connectivity index (χ2n) is 8.85. The zero-order valence-electron chi connectivity index (χ0n) is 19.7. The summed E-state index contributed by atoms with van der Waals surface area (Å²) in [6.45, 7) is 0. The van der Waals surface area contributed by atoms with E-state index >= 15 is 0 Å². The van der Waals surface area contributed by atoms with Gasteiger partial charge in [0.15, 0.2) is 0 Å². The average Bonchev–Trinajstić information content (AvgIpc) is 3.30. The van der Waals surface area contributed by atoms with Crippen molar-refractivity contribution >= 4 is 21.8 Å². The third-order valence-electron chi connectivity index (χ3n) is 6.61. The molecule has 0 spiro atoms. The fourth-order valence-electron chi connectivity index (χ4n) is 4.95. The Bertz CT molecular complexity index is 1960. The van der Waals surface area contributed by atoms with E-state index in [-0.39, 0.29) is 0 Å². The van der Waals surface area contributed by atoms with Gasteiger partial charge < -0.3 is 4.57 Å². The number of rotatable bonds is 3. The largest absolute Gasteiger partial charge is 0.309 e. The second kappa shape index (κ2) is 8.86. The summed E-state index contributed by atoms with van der Waals surface area (Å²) >= 11 is 0. The fraction of sp³-hybridized carbons (Fsp3) is 0. The molecule has 6 rings (SSSR count). The summed E-state index contributed by atoms with van der Waals surface area (Å²) in [5, 5.41) is 31.1. The Morgan fingerprint density at radius 1 is 0.432 bits per heavy atom. The van der Waals surface area contributed by atoms with Crippen molar-refractivity contribution in [2.45, 2.75) is 0 Å². The molecule has 0 unspecified atom stereocenters. The van der Waals surface area contributed by atoms with Crippen molar-refractivity contribution in [3.8, 4) is 46.1 Å². The fourth-order valence-corrected chi connectivity index (χ4v) is 4.95. The van der Waals surface area contributed by atoms with E-state index in [1.165, 1.54) is 0 Å². The molecule has 5 aromatic carbocycles. The van der Waals surface area contributed by atoms with Gasteiger partial charge in [-0.25, -0.2) is 0 Å². The average molecular weight is 471 g/mol. The molecule has 4 heteroatoms. The van der Waals surface area contributed by atoms with E-state index in [9.17, 15) is 15.8 Å². The minimum absolute atomic E-state index is 0.524. The number of hydrogen-bond acceptors (Lipinski definition) is 3. The third kappa shape index (κ3) is 3.78. The van der Waals surface area contributed by atoms with Crippen LogP contribution in [0.25, 0.3) is 49.7 Å². The molecular weight excluding hydrogens is 452 g/mol. The zero-order chi connectivity index (χ0) is 25.4. The van der Waals surface area contributed by atoms with Crippen LogP contribution in [0.2, 0.25) is 0 Å². The first-order valence-corrected chi connectivity index (χ1v) is 11.8. The summed E-state index contributed by atoms with van der Waals surface area (Å²) in [5.74, 6) is 0. The molecule has 0 radical (unpaired) electrons. The van der Waals surface area contributed by atoms with Gasteiger partial charge in [0.1, 0.15) is 0 Å². The first kappa shape index (κ1) is 21.9.